The number of aromatic nitrogens is 4. The summed E-state index contributed by atoms with van der Waals surface area (Å²) < 4.78 is 6.37. The minimum Gasteiger partial charge on any atom is -0.383 e. The van der Waals surface area contributed by atoms with E-state index >= 15 is 0 Å². The molecule has 0 unspecified atom stereocenters. The Morgan fingerprint density at radius 1 is 1.22 bits per heavy atom. The van der Waals surface area contributed by atoms with Crippen molar-refractivity contribution in [2.75, 3.05) is 5.73 Å². The van der Waals surface area contributed by atoms with E-state index in [1.165, 1.54) is 11.3 Å². The van der Waals surface area contributed by atoms with Gasteiger partial charge in [0.25, 0.3) is 5.89 Å². The lowest BCUT2D eigenvalue weighted by Gasteiger charge is -1.99. The number of thiophene rings is 1. The molecule has 2 N–H and O–H groups in total. The molecular weight excluding hydrogens is 334 g/mol. The van der Waals surface area contributed by atoms with Crippen LogP contribution >= 0.6 is 22.9 Å². The summed E-state index contributed by atoms with van der Waals surface area (Å²) in [6.07, 6.45) is 1.63. The molecule has 0 radical (unpaired) electrons. The predicted molar refractivity (Wildman–Crippen MR) is 90.3 cm³/mol. The summed E-state index contributed by atoms with van der Waals surface area (Å²) in [4.78, 5) is 13.7. The Labute approximate surface area is 139 Å². The summed E-state index contributed by atoms with van der Waals surface area (Å²) in [7, 11) is 0. The second kappa shape index (κ2) is 5.29. The quantitative estimate of drug-likeness (QED) is 0.554. The average molecular weight is 344 g/mol. The van der Waals surface area contributed by atoms with Crippen molar-refractivity contribution in [3.8, 4) is 22.2 Å². The minimum atomic E-state index is 0.439. The van der Waals surface area contributed by atoms with E-state index in [4.69, 9.17) is 21.9 Å². The van der Waals surface area contributed by atoms with E-state index in [1.807, 2.05) is 25.1 Å². The first kappa shape index (κ1) is 14.1. The Kier molecular flexibility index (Phi) is 3.24. The van der Waals surface area contributed by atoms with Gasteiger partial charge in [0, 0.05) is 11.8 Å². The molecule has 0 saturated heterocycles. The van der Waals surface area contributed by atoms with E-state index in [0.29, 0.717) is 22.7 Å². The van der Waals surface area contributed by atoms with Gasteiger partial charge in [0.1, 0.15) is 11.0 Å². The molecule has 0 bridgehead atoms. The highest BCUT2D eigenvalue weighted by molar-refractivity contribution is 7.22. The van der Waals surface area contributed by atoms with Crippen molar-refractivity contribution in [1.29, 1.82) is 0 Å². The predicted octanol–water partition coefficient (Wildman–Crippen LogP) is 3.95. The van der Waals surface area contributed by atoms with E-state index in [0.717, 1.165) is 26.2 Å². The molecule has 0 saturated carbocycles. The van der Waals surface area contributed by atoms with Gasteiger partial charge < -0.3 is 10.3 Å². The van der Waals surface area contributed by atoms with Gasteiger partial charge in [-0.25, -0.2) is 9.97 Å². The van der Waals surface area contributed by atoms with Crippen molar-refractivity contribution in [2.45, 2.75) is 6.92 Å². The second-order valence-electron chi connectivity index (χ2n) is 4.98. The van der Waals surface area contributed by atoms with Gasteiger partial charge in [0.2, 0.25) is 5.82 Å². The number of anilines is 1. The van der Waals surface area contributed by atoms with E-state index in [1.54, 1.807) is 12.3 Å². The zero-order chi connectivity index (χ0) is 16.0. The molecule has 4 aromatic heterocycles. The molecule has 23 heavy (non-hydrogen) atoms. The van der Waals surface area contributed by atoms with Crippen molar-refractivity contribution >= 4 is 39.0 Å². The fraction of sp³-hybridized carbons (Fsp3) is 0.0667. The van der Waals surface area contributed by atoms with Crippen LogP contribution in [-0.2, 0) is 0 Å². The third-order valence-electron chi connectivity index (χ3n) is 3.35. The summed E-state index contributed by atoms with van der Waals surface area (Å²) in [6, 6.07) is 7.44. The minimum absolute atomic E-state index is 0.439. The summed E-state index contributed by atoms with van der Waals surface area (Å²) in [6.45, 7) is 1.88. The fourth-order valence-corrected chi connectivity index (χ4v) is 3.23. The first-order valence-corrected chi connectivity index (χ1v) is 7.92. The van der Waals surface area contributed by atoms with Crippen molar-refractivity contribution in [3.05, 3.63) is 41.2 Å². The molecule has 0 aliphatic carbocycles. The van der Waals surface area contributed by atoms with Gasteiger partial charge in [0.15, 0.2) is 0 Å². The molecule has 0 spiro atoms. The topological polar surface area (TPSA) is 90.7 Å². The number of hydrogen-bond acceptors (Lipinski definition) is 7. The van der Waals surface area contributed by atoms with Gasteiger partial charge in [-0.2, -0.15) is 4.98 Å². The summed E-state index contributed by atoms with van der Waals surface area (Å²) >= 11 is 7.43. The molecule has 6 nitrogen and oxygen atoms in total. The summed E-state index contributed by atoms with van der Waals surface area (Å²) in [5.41, 5.74) is 8.16. The van der Waals surface area contributed by atoms with Gasteiger partial charge in [-0.05, 0) is 36.8 Å². The number of hydrogen-bond donors (Lipinski definition) is 1. The number of nitrogens with zero attached hydrogens (tertiary/aromatic N) is 4. The largest absolute Gasteiger partial charge is 0.383 e. The number of nitrogen functional groups attached to an aromatic ring is 1. The monoisotopic (exact) mass is 343 g/mol. The van der Waals surface area contributed by atoms with Crippen molar-refractivity contribution in [1.82, 2.24) is 20.1 Å². The molecule has 4 heterocycles. The van der Waals surface area contributed by atoms with Crippen LogP contribution in [0.4, 0.5) is 5.82 Å². The highest BCUT2D eigenvalue weighted by Crippen LogP contribution is 2.33. The Bertz CT molecular complexity index is 1030. The SMILES string of the molecule is Cc1cc(-c2noc(-c3cc4nc(Cl)ccc4s3)n2)cnc1N. The molecule has 0 atom stereocenters. The Morgan fingerprint density at radius 3 is 2.91 bits per heavy atom. The Morgan fingerprint density at radius 2 is 2.09 bits per heavy atom. The third-order valence-corrected chi connectivity index (χ3v) is 4.64. The molecule has 0 aliphatic rings. The van der Waals surface area contributed by atoms with Gasteiger partial charge in [0.05, 0.1) is 15.1 Å². The number of rotatable bonds is 2. The molecule has 4 aromatic rings. The number of aryl methyl sites for hydroxylation is 1. The van der Waals surface area contributed by atoms with Crippen LogP contribution in [0.15, 0.2) is 35.0 Å². The maximum absolute atomic E-state index is 5.91. The average Bonchev–Trinajstić information content (AvgIpc) is 3.15. The van der Waals surface area contributed by atoms with E-state index < -0.39 is 0 Å². The first-order chi connectivity index (χ1) is 11.1. The Balaban J connectivity index is 1.75. The molecule has 8 heteroatoms. The maximum atomic E-state index is 5.91. The summed E-state index contributed by atoms with van der Waals surface area (Å²) in [5, 5.41) is 4.47. The molecule has 4 rings (SSSR count). The van der Waals surface area contributed by atoms with Gasteiger partial charge in [-0.1, -0.05) is 16.8 Å². The lowest BCUT2D eigenvalue weighted by molar-refractivity contribution is 0.433. The van der Waals surface area contributed by atoms with Crippen LogP contribution in [0.1, 0.15) is 5.56 Å². The zero-order valence-corrected chi connectivity index (χ0v) is 13.5. The normalized spacial score (nSPS) is 11.2. The number of nitrogens with two attached hydrogens (primary N) is 1. The van der Waals surface area contributed by atoms with Crippen LogP contribution in [0.3, 0.4) is 0 Å². The Hall–Kier alpha value is -2.51. The lowest BCUT2D eigenvalue weighted by Crippen LogP contribution is -1.94. The molecule has 0 aliphatic heterocycles. The smallest absolute Gasteiger partial charge is 0.268 e. The van der Waals surface area contributed by atoms with Crippen LogP contribution in [0.5, 0.6) is 0 Å². The summed E-state index contributed by atoms with van der Waals surface area (Å²) in [5.74, 6) is 1.40. The highest BCUT2D eigenvalue weighted by atomic mass is 35.5. The fourth-order valence-electron chi connectivity index (χ4n) is 2.15. The molecular formula is C15H10ClN5OS. The number of halogens is 1. The molecule has 0 aromatic carbocycles. The lowest BCUT2D eigenvalue weighted by atomic mass is 10.2. The molecule has 114 valence electrons. The number of pyridine rings is 2. The highest BCUT2D eigenvalue weighted by Gasteiger charge is 2.15. The standard InChI is InChI=1S/C15H10ClN5OS/c1-7-4-8(6-18-13(7)17)14-20-15(22-21-14)11-5-9-10(23-11)2-3-12(16)19-9/h2-6H,1H3,(H2,17,18). The third kappa shape index (κ3) is 2.54. The second-order valence-corrected chi connectivity index (χ2v) is 6.45. The first-order valence-electron chi connectivity index (χ1n) is 6.73. The number of fused-ring (bicyclic) bond motifs is 1. The van der Waals surface area contributed by atoms with E-state index in [9.17, 15) is 0 Å². The van der Waals surface area contributed by atoms with Gasteiger partial charge >= 0.3 is 0 Å². The maximum Gasteiger partial charge on any atom is 0.268 e. The van der Waals surface area contributed by atoms with Gasteiger partial charge in [-0.15, -0.1) is 11.3 Å². The van der Waals surface area contributed by atoms with E-state index in [2.05, 4.69) is 20.1 Å². The zero-order valence-electron chi connectivity index (χ0n) is 11.9. The van der Waals surface area contributed by atoms with Crippen LogP contribution in [0.2, 0.25) is 5.15 Å². The van der Waals surface area contributed by atoms with Crippen LogP contribution in [0, 0.1) is 6.92 Å². The van der Waals surface area contributed by atoms with Crippen molar-refractivity contribution in [2.24, 2.45) is 0 Å². The van der Waals surface area contributed by atoms with Gasteiger partial charge in [-0.3, -0.25) is 0 Å². The van der Waals surface area contributed by atoms with Crippen molar-refractivity contribution in [3.63, 3.8) is 0 Å². The van der Waals surface area contributed by atoms with E-state index in [-0.39, 0.29) is 0 Å². The van der Waals surface area contributed by atoms with Crippen LogP contribution in [-0.4, -0.2) is 20.1 Å². The molecule has 0 fully saturated rings. The van der Waals surface area contributed by atoms with Crippen LogP contribution < -0.4 is 5.73 Å². The molecule has 0 amide bonds. The van der Waals surface area contributed by atoms with Crippen LogP contribution in [0.25, 0.3) is 32.4 Å². The van der Waals surface area contributed by atoms with Crippen molar-refractivity contribution < 1.29 is 4.52 Å².